The standard InChI is InChI=1S/C28H28FN7O2/c1-15-18(11-32-27-21(37)3-6-30-26(15)27)16-7-17-9-23(31-12-19(17)20(29)8-16)33-24-10-22-28(4-5-28)14-35(2)25(38)13-36(22)34-24/h7-12,21,30,37H,3-6,13-14H2,1-2H3,(H,31,33,34)/t21-/m1/s1. The Morgan fingerprint density at radius 1 is 1.16 bits per heavy atom. The molecule has 7 rings (SSSR count). The number of amides is 1. The first-order valence-electron chi connectivity index (χ1n) is 12.9. The van der Waals surface area contributed by atoms with Crippen LogP contribution in [0.4, 0.5) is 21.7 Å². The van der Waals surface area contributed by atoms with E-state index in [1.165, 1.54) is 12.3 Å². The summed E-state index contributed by atoms with van der Waals surface area (Å²) in [5.41, 5.74) is 4.93. The number of pyridine rings is 2. The highest BCUT2D eigenvalue weighted by atomic mass is 19.1. The lowest BCUT2D eigenvalue weighted by molar-refractivity contribution is -0.130. The van der Waals surface area contributed by atoms with Crippen molar-refractivity contribution in [3.8, 4) is 11.1 Å². The molecule has 194 valence electrons. The quantitative estimate of drug-likeness (QED) is 0.380. The summed E-state index contributed by atoms with van der Waals surface area (Å²) in [5, 5.41) is 22.7. The Morgan fingerprint density at radius 3 is 2.82 bits per heavy atom. The Labute approximate surface area is 218 Å². The van der Waals surface area contributed by atoms with E-state index in [2.05, 4.69) is 25.7 Å². The Morgan fingerprint density at radius 2 is 2.00 bits per heavy atom. The summed E-state index contributed by atoms with van der Waals surface area (Å²) in [6, 6.07) is 7.24. The molecule has 0 unspecified atom stereocenters. The predicted octanol–water partition coefficient (Wildman–Crippen LogP) is 4.04. The van der Waals surface area contributed by atoms with Crippen molar-refractivity contribution < 1.29 is 14.3 Å². The molecule has 0 bridgehead atoms. The molecule has 3 aromatic heterocycles. The Hall–Kier alpha value is -4.05. The number of hydrogen-bond donors (Lipinski definition) is 3. The fourth-order valence-corrected chi connectivity index (χ4v) is 5.89. The monoisotopic (exact) mass is 513 g/mol. The zero-order valence-corrected chi connectivity index (χ0v) is 21.3. The van der Waals surface area contributed by atoms with E-state index in [0.717, 1.165) is 35.3 Å². The van der Waals surface area contributed by atoms with Gasteiger partial charge in [-0.3, -0.25) is 14.5 Å². The summed E-state index contributed by atoms with van der Waals surface area (Å²) in [5.74, 6) is 0.842. The van der Waals surface area contributed by atoms with Crippen LogP contribution in [0.1, 0.15) is 42.3 Å². The fraction of sp³-hybridized carbons (Fsp3) is 0.357. The van der Waals surface area contributed by atoms with Crippen molar-refractivity contribution >= 4 is 34.0 Å². The molecule has 38 heavy (non-hydrogen) atoms. The van der Waals surface area contributed by atoms with E-state index in [1.807, 2.05) is 32.2 Å². The predicted molar refractivity (Wildman–Crippen MR) is 142 cm³/mol. The molecule has 1 atom stereocenters. The normalized spacial score (nSPS) is 19.6. The molecule has 3 aliphatic rings. The van der Waals surface area contributed by atoms with Crippen molar-refractivity contribution in [3.05, 3.63) is 59.4 Å². The average Bonchev–Trinajstić information content (AvgIpc) is 3.57. The molecule has 3 N–H and O–H groups in total. The minimum absolute atomic E-state index is 0.0195. The Balaban J connectivity index is 1.23. The highest BCUT2D eigenvalue weighted by Gasteiger charge is 2.50. The van der Waals surface area contributed by atoms with Crippen molar-refractivity contribution in [3.63, 3.8) is 0 Å². The van der Waals surface area contributed by atoms with Gasteiger partial charge in [-0.25, -0.2) is 9.37 Å². The van der Waals surface area contributed by atoms with Crippen LogP contribution in [0.5, 0.6) is 0 Å². The molecule has 1 fully saturated rings. The van der Waals surface area contributed by atoms with Crippen LogP contribution in [0.2, 0.25) is 0 Å². The van der Waals surface area contributed by atoms with Crippen LogP contribution in [0.25, 0.3) is 21.9 Å². The van der Waals surface area contributed by atoms with Gasteiger partial charge in [0.25, 0.3) is 0 Å². The van der Waals surface area contributed by atoms with E-state index in [1.54, 1.807) is 15.8 Å². The van der Waals surface area contributed by atoms with Crippen LogP contribution in [-0.4, -0.2) is 55.8 Å². The third kappa shape index (κ3) is 3.62. The van der Waals surface area contributed by atoms with E-state index < -0.39 is 6.10 Å². The number of aromatic nitrogens is 4. The van der Waals surface area contributed by atoms with Gasteiger partial charge in [0.1, 0.15) is 18.2 Å². The molecule has 10 heteroatoms. The number of carbonyl (C=O) groups excluding carboxylic acids is 1. The number of carbonyl (C=O) groups is 1. The summed E-state index contributed by atoms with van der Waals surface area (Å²) in [6.45, 7) is 3.55. The smallest absolute Gasteiger partial charge is 0.244 e. The van der Waals surface area contributed by atoms with Crippen molar-refractivity contribution in [1.29, 1.82) is 0 Å². The van der Waals surface area contributed by atoms with Gasteiger partial charge in [-0.2, -0.15) is 5.10 Å². The lowest BCUT2D eigenvalue weighted by Gasteiger charge is -2.25. The minimum Gasteiger partial charge on any atom is -0.387 e. The second-order valence-corrected chi connectivity index (χ2v) is 10.8. The van der Waals surface area contributed by atoms with E-state index in [9.17, 15) is 9.90 Å². The number of fused-ring (bicyclic) bond motifs is 4. The highest BCUT2D eigenvalue weighted by molar-refractivity contribution is 5.90. The van der Waals surface area contributed by atoms with Crippen LogP contribution in [-0.2, 0) is 16.8 Å². The van der Waals surface area contributed by atoms with E-state index >= 15 is 4.39 Å². The Bertz CT molecular complexity index is 1630. The van der Waals surface area contributed by atoms with Gasteiger partial charge in [0.05, 0.1) is 17.5 Å². The van der Waals surface area contributed by atoms with Crippen molar-refractivity contribution in [2.75, 3.05) is 30.8 Å². The van der Waals surface area contributed by atoms with Gasteiger partial charge >= 0.3 is 0 Å². The van der Waals surface area contributed by atoms with Crippen LogP contribution in [0.3, 0.4) is 0 Å². The lowest BCUT2D eigenvalue weighted by Crippen LogP contribution is -2.32. The topological polar surface area (TPSA) is 108 Å². The number of anilines is 3. The van der Waals surface area contributed by atoms with Crippen molar-refractivity contribution in [2.24, 2.45) is 0 Å². The number of aliphatic hydroxyl groups excluding tert-OH is 1. The number of aliphatic hydroxyl groups is 1. The number of rotatable bonds is 3. The molecule has 5 heterocycles. The lowest BCUT2D eigenvalue weighted by atomic mass is 9.95. The summed E-state index contributed by atoms with van der Waals surface area (Å²) in [6.07, 6.45) is 5.32. The number of halogens is 1. The fourth-order valence-electron chi connectivity index (χ4n) is 5.89. The molecule has 0 saturated heterocycles. The van der Waals surface area contributed by atoms with Gasteiger partial charge in [0, 0.05) is 60.7 Å². The molecule has 4 aromatic rings. The zero-order chi connectivity index (χ0) is 26.2. The van der Waals surface area contributed by atoms with Gasteiger partial charge in [-0.15, -0.1) is 0 Å². The molecule has 0 radical (unpaired) electrons. The first-order chi connectivity index (χ1) is 18.3. The highest BCUT2D eigenvalue weighted by Crippen LogP contribution is 2.50. The minimum atomic E-state index is -0.598. The van der Waals surface area contributed by atoms with Crippen LogP contribution < -0.4 is 10.6 Å². The molecular formula is C28H28FN7O2. The second kappa shape index (κ2) is 8.22. The molecule has 1 spiro atoms. The second-order valence-electron chi connectivity index (χ2n) is 10.8. The van der Waals surface area contributed by atoms with Gasteiger partial charge in [0.15, 0.2) is 5.82 Å². The van der Waals surface area contributed by atoms with Gasteiger partial charge in [-0.05, 0) is 60.9 Å². The molecule has 9 nitrogen and oxygen atoms in total. The maximum absolute atomic E-state index is 15.2. The van der Waals surface area contributed by atoms with Crippen LogP contribution in [0.15, 0.2) is 36.7 Å². The summed E-state index contributed by atoms with van der Waals surface area (Å²) in [7, 11) is 1.85. The van der Waals surface area contributed by atoms with E-state index in [4.69, 9.17) is 0 Å². The van der Waals surface area contributed by atoms with Crippen molar-refractivity contribution in [1.82, 2.24) is 24.6 Å². The third-order valence-electron chi connectivity index (χ3n) is 8.18. The van der Waals surface area contributed by atoms with Crippen LogP contribution in [0, 0.1) is 12.7 Å². The van der Waals surface area contributed by atoms with Crippen LogP contribution >= 0.6 is 0 Å². The number of likely N-dealkylation sites (N-methyl/N-ethyl adjacent to an activating group) is 1. The molecule has 2 aliphatic heterocycles. The SMILES string of the molecule is Cc1c(-c2cc(F)c3cnc(Nc4cc5n(n4)CC(=O)N(C)CC54CC4)cc3c2)cnc2c1NCC[C@H]2O. The van der Waals surface area contributed by atoms with E-state index in [-0.39, 0.29) is 23.7 Å². The number of hydrogen-bond acceptors (Lipinski definition) is 7. The zero-order valence-electron chi connectivity index (χ0n) is 21.3. The first kappa shape index (κ1) is 23.1. The van der Waals surface area contributed by atoms with Gasteiger partial charge < -0.3 is 20.6 Å². The summed E-state index contributed by atoms with van der Waals surface area (Å²) in [4.78, 5) is 23.2. The summed E-state index contributed by atoms with van der Waals surface area (Å²) < 4.78 is 17.0. The van der Waals surface area contributed by atoms with Gasteiger partial charge in [-0.1, -0.05) is 0 Å². The van der Waals surface area contributed by atoms with Crippen molar-refractivity contribution in [2.45, 2.75) is 44.2 Å². The maximum Gasteiger partial charge on any atom is 0.244 e. The molecule has 1 saturated carbocycles. The average molecular weight is 514 g/mol. The number of nitrogens with zero attached hydrogens (tertiary/aromatic N) is 5. The first-order valence-corrected chi connectivity index (χ1v) is 12.9. The Kier molecular flexibility index (Phi) is 5.00. The number of nitrogens with one attached hydrogen (secondary N) is 2. The largest absolute Gasteiger partial charge is 0.387 e. The maximum atomic E-state index is 15.2. The van der Waals surface area contributed by atoms with E-state index in [0.29, 0.717) is 53.2 Å². The summed E-state index contributed by atoms with van der Waals surface area (Å²) >= 11 is 0. The molecule has 1 aromatic carbocycles. The number of benzene rings is 1. The van der Waals surface area contributed by atoms with Gasteiger partial charge in [0.2, 0.25) is 5.91 Å². The molecule has 1 aliphatic carbocycles. The third-order valence-corrected chi connectivity index (χ3v) is 8.18. The molecular weight excluding hydrogens is 485 g/mol. The molecule has 1 amide bonds.